The van der Waals surface area contributed by atoms with Crippen LogP contribution in [0, 0.1) is 5.92 Å². The van der Waals surface area contributed by atoms with Gasteiger partial charge >= 0.3 is 6.36 Å². The fourth-order valence-corrected chi connectivity index (χ4v) is 1.74. The van der Waals surface area contributed by atoms with Gasteiger partial charge in [-0.15, -0.1) is 25.6 Å². The van der Waals surface area contributed by atoms with E-state index in [9.17, 15) is 13.2 Å². The molecule has 110 valence electrons. The maximum absolute atomic E-state index is 12.1. The molecule has 0 heterocycles. The zero-order valence-corrected chi connectivity index (χ0v) is 12.1. The number of nitrogens with two attached hydrogens (primary N) is 1. The van der Waals surface area contributed by atoms with Gasteiger partial charge in [-0.3, -0.25) is 0 Å². The van der Waals surface area contributed by atoms with Crippen molar-refractivity contribution < 1.29 is 17.9 Å². The molecule has 0 amide bonds. The second-order valence-electron chi connectivity index (χ2n) is 4.15. The predicted molar refractivity (Wildman–Crippen MR) is 71.8 cm³/mol. The fourth-order valence-electron chi connectivity index (χ4n) is 1.51. The first kappa shape index (κ1) is 18.4. The average molecular weight is 318 g/mol. The monoisotopic (exact) mass is 317 g/mol. The summed E-state index contributed by atoms with van der Waals surface area (Å²) in [5, 5.41) is -0.0939. The number of rotatable bonds is 4. The van der Waals surface area contributed by atoms with Crippen LogP contribution < -0.4 is 10.5 Å². The van der Waals surface area contributed by atoms with Crippen LogP contribution in [0.2, 0.25) is 5.02 Å². The highest BCUT2D eigenvalue weighted by Gasteiger charge is 2.32. The molecule has 2 atom stereocenters. The lowest BCUT2D eigenvalue weighted by Gasteiger charge is -2.19. The summed E-state index contributed by atoms with van der Waals surface area (Å²) in [6.45, 7) is 3.96. The first-order valence-corrected chi connectivity index (χ1v) is 5.93. The van der Waals surface area contributed by atoms with E-state index in [4.69, 9.17) is 17.3 Å². The van der Waals surface area contributed by atoms with Crippen molar-refractivity contribution in [2.24, 2.45) is 11.7 Å². The van der Waals surface area contributed by atoms with E-state index < -0.39 is 12.1 Å². The molecule has 1 aromatic carbocycles. The predicted octanol–water partition coefficient (Wildman–Crippen LogP) is 4.71. The minimum atomic E-state index is -4.75. The zero-order valence-electron chi connectivity index (χ0n) is 10.5. The van der Waals surface area contributed by atoms with Crippen LogP contribution in [0.25, 0.3) is 0 Å². The molecule has 0 radical (unpaired) electrons. The molecular weight excluding hydrogens is 302 g/mol. The minimum absolute atomic E-state index is 0. The Morgan fingerprint density at radius 3 is 2.37 bits per heavy atom. The smallest absolute Gasteiger partial charge is 0.404 e. The van der Waals surface area contributed by atoms with Gasteiger partial charge in [-0.25, -0.2) is 0 Å². The average Bonchev–Trinajstić information content (AvgIpc) is 2.28. The van der Waals surface area contributed by atoms with Crippen LogP contribution in [0.5, 0.6) is 5.75 Å². The van der Waals surface area contributed by atoms with E-state index in [0.29, 0.717) is 5.56 Å². The molecular formula is C12H16Cl2F3NO. The SMILES string of the molecule is CCC(C)[C@@H](N)c1ccc(OC(F)(F)F)c(Cl)c1.Cl. The number of hydrogen-bond acceptors (Lipinski definition) is 2. The maximum Gasteiger partial charge on any atom is 0.573 e. The van der Waals surface area contributed by atoms with E-state index in [1.54, 1.807) is 0 Å². The van der Waals surface area contributed by atoms with E-state index >= 15 is 0 Å². The van der Waals surface area contributed by atoms with Crippen LogP contribution in [0.1, 0.15) is 31.9 Å². The highest BCUT2D eigenvalue weighted by Crippen LogP contribution is 2.33. The molecule has 0 saturated heterocycles. The normalized spacial score (nSPS) is 14.5. The van der Waals surface area contributed by atoms with Crippen LogP contribution in [-0.4, -0.2) is 6.36 Å². The highest BCUT2D eigenvalue weighted by molar-refractivity contribution is 6.32. The third kappa shape index (κ3) is 5.47. The van der Waals surface area contributed by atoms with Gasteiger partial charge in [0.05, 0.1) is 5.02 Å². The van der Waals surface area contributed by atoms with Crippen LogP contribution in [0.3, 0.4) is 0 Å². The van der Waals surface area contributed by atoms with Crippen molar-refractivity contribution in [1.29, 1.82) is 0 Å². The summed E-state index contributed by atoms with van der Waals surface area (Å²) in [5.74, 6) is -0.195. The Kier molecular flexibility index (Phi) is 6.97. The molecule has 0 aliphatic carbocycles. The Balaban J connectivity index is 0.00000324. The molecule has 7 heteroatoms. The van der Waals surface area contributed by atoms with Crippen LogP contribution in [0.4, 0.5) is 13.2 Å². The Morgan fingerprint density at radius 1 is 1.37 bits per heavy atom. The summed E-state index contributed by atoms with van der Waals surface area (Å²) < 4.78 is 40.0. The van der Waals surface area contributed by atoms with Crippen molar-refractivity contribution in [2.45, 2.75) is 32.7 Å². The quantitative estimate of drug-likeness (QED) is 0.873. The number of hydrogen-bond donors (Lipinski definition) is 1. The minimum Gasteiger partial charge on any atom is -0.404 e. The van der Waals surface area contributed by atoms with Gasteiger partial charge < -0.3 is 10.5 Å². The van der Waals surface area contributed by atoms with Crippen molar-refractivity contribution in [3.8, 4) is 5.75 Å². The number of halogens is 5. The molecule has 0 bridgehead atoms. The van der Waals surface area contributed by atoms with Crippen molar-refractivity contribution in [1.82, 2.24) is 0 Å². The second-order valence-corrected chi connectivity index (χ2v) is 4.56. The number of benzene rings is 1. The molecule has 0 spiro atoms. The maximum atomic E-state index is 12.1. The van der Waals surface area contributed by atoms with E-state index in [1.807, 2.05) is 13.8 Å². The highest BCUT2D eigenvalue weighted by atomic mass is 35.5. The molecule has 0 aliphatic rings. The van der Waals surface area contributed by atoms with Gasteiger partial charge in [0.15, 0.2) is 0 Å². The Labute approximate surface area is 121 Å². The third-order valence-corrected chi connectivity index (χ3v) is 3.12. The van der Waals surface area contributed by atoms with Gasteiger partial charge in [0.2, 0.25) is 0 Å². The molecule has 0 aromatic heterocycles. The summed E-state index contributed by atoms with van der Waals surface area (Å²) in [7, 11) is 0. The van der Waals surface area contributed by atoms with Gasteiger partial charge in [0.1, 0.15) is 5.75 Å². The molecule has 0 fully saturated rings. The molecule has 2 nitrogen and oxygen atoms in total. The molecule has 1 aromatic rings. The van der Waals surface area contributed by atoms with E-state index in [0.717, 1.165) is 6.42 Å². The van der Waals surface area contributed by atoms with Gasteiger partial charge in [0.25, 0.3) is 0 Å². The van der Waals surface area contributed by atoms with E-state index in [-0.39, 0.29) is 29.4 Å². The molecule has 2 N–H and O–H groups in total. The lowest BCUT2D eigenvalue weighted by atomic mass is 9.93. The van der Waals surface area contributed by atoms with Gasteiger partial charge in [-0.05, 0) is 23.6 Å². The fraction of sp³-hybridized carbons (Fsp3) is 0.500. The standard InChI is InChI=1S/C12H15ClF3NO.ClH/c1-3-7(2)11(17)8-4-5-10(9(13)6-8)18-12(14,15)16;/h4-7,11H,3,17H2,1-2H3;1H/t7?,11-;/m1./s1. The molecule has 0 saturated carbocycles. The van der Waals surface area contributed by atoms with Gasteiger partial charge in [-0.1, -0.05) is 37.9 Å². The summed E-state index contributed by atoms with van der Waals surface area (Å²) >= 11 is 5.75. The molecule has 1 unspecified atom stereocenters. The molecule has 1 rings (SSSR count). The second kappa shape index (κ2) is 7.22. The van der Waals surface area contributed by atoms with Crippen molar-refractivity contribution in [3.63, 3.8) is 0 Å². The van der Waals surface area contributed by atoms with E-state index in [1.165, 1.54) is 18.2 Å². The largest absolute Gasteiger partial charge is 0.573 e. The Morgan fingerprint density at radius 2 is 1.95 bits per heavy atom. The first-order valence-electron chi connectivity index (χ1n) is 5.55. The summed E-state index contributed by atoms with van der Waals surface area (Å²) in [6, 6.07) is 3.85. The zero-order chi connectivity index (χ0) is 13.9. The van der Waals surface area contributed by atoms with Crippen molar-refractivity contribution in [3.05, 3.63) is 28.8 Å². The van der Waals surface area contributed by atoms with Crippen LogP contribution >= 0.6 is 24.0 Å². The van der Waals surface area contributed by atoms with Crippen LogP contribution in [0.15, 0.2) is 18.2 Å². The summed E-state index contributed by atoms with van der Waals surface area (Å²) in [5.41, 5.74) is 6.67. The Bertz CT molecular complexity index is 412. The summed E-state index contributed by atoms with van der Waals surface area (Å²) in [6.07, 6.45) is -3.87. The lowest BCUT2D eigenvalue weighted by molar-refractivity contribution is -0.274. The molecule has 0 aliphatic heterocycles. The number of alkyl halides is 3. The van der Waals surface area contributed by atoms with Gasteiger partial charge in [0, 0.05) is 6.04 Å². The van der Waals surface area contributed by atoms with Crippen molar-refractivity contribution >= 4 is 24.0 Å². The lowest BCUT2D eigenvalue weighted by Crippen LogP contribution is -2.19. The van der Waals surface area contributed by atoms with Gasteiger partial charge in [-0.2, -0.15) is 0 Å². The topological polar surface area (TPSA) is 35.2 Å². The third-order valence-electron chi connectivity index (χ3n) is 2.82. The summed E-state index contributed by atoms with van der Waals surface area (Å²) in [4.78, 5) is 0. The van der Waals surface area contributed by atoms with E-state index in [2.05, 4.69) is 4.74 Å². The first-order chi connectivity index (χ1) is 8.24. The van der Waals surface area contributed by atoms with Crippen LogP contribution in [-0.2, 0) is 0 Å². The van der Waals surface area contributed by atoms with Crippen molar-refractivity contribution in [2.75, 3.05) is 0 Å². The molecule has 19 heavy (non-hydrogen) atoms. The number of ether oxygens (including phenoxy) is 1. The Hall–Kier alpha value is -0.650.